The lowest BCUT2D eigenvalue weighted by molar-refractivity contribution is -0.385. The average molecular weight is 793 g/mol. The number of hydrogen-bond acceptors (Lipinski definition) is 12. The SMILES string of the molecule is CCN1C(=O)CNc2ncc(-c3ccc(-c4ncn(CCOCCCN5C(=O)N(c6ccc(F)cc6)CC5(C)C(=O)Nc5ccc([N+](=O)[O-])c(C)c5)n4)nc3C)nc21. The minimum Gasteiger partial charge on any atom is -0.379 e. The Balaban J connectivity index is 0.953. The van der Waals surface area contributed by atoms with Gasteiger partial charge in [0.05, 0.1) is 43.1 Å². The monoisotopic (exact) mass is 792 g/mol. The normalized spacial score (nSPS) is 16.4. The molecule has 0 spiro atoms. The minimum atomic E-state index is -1.34. The molecule has 1 atom stereocenters. The fourth-order valence-corrected chi connectivity index (χ4v) is 6.96. The van der Waals surface area contributed by atoms with E-state index < -0.39 is 28.2 Å². The molecule has 2 aliphatic rings. The molecule has 3 aromatic heterocycles. The number of nitrogens with zero attached hydrogens (tertiary/aromatic N) is 10. The van der Waals surface area contributed by atoms with Crippen molar-refractivity contribution in [2.75, 3.05) is 59.8 Å². The fourth-order valence-electron chi connectivity index (χ4n) is 6.96. The van der Waals surface area contributed by atoms with Gasteiger partial charge < -0.3 is 20.3 Å². The number of likely N-dealkylation sites (N-methyl/N-ethyl adjacent to an activating group) is 1. The molecule has 7 rings (SSSR count). The summed E-state index contributed by atoms with van der Waals surface area (Å²) in [5, 5.41) is 21.7. The van der Waals surface area contributed by atoms with Gasteiger partial charge in [-0.05, 0) is 82.6 Å². The zero-order valence-corrected chi connectivity index (χ0v) is 32.3. The largest absolute Gasteiger partial charge is 0.379 e. The third-order valence-corrected chi connectivity index (χ3v) is 10.1. The maximum absolute atomic E-state index is 13.8. The second kappa shape index (κ2) is 16.3. The van der Waals surface area contributed by atoms with E-state index in [1.165, 1.54) is 52.3 Å². The van der Waals surface area contributed by atoms with E-state index in [4.69, 9.17) is 14.7 Å². The van der Waals surface area contributed by atoms with Crippen LogP contribution in [0.5, 0.6) is 0 Å². The van der Waals surface area contributed by atoms with Crippen LogP contribution in [0.1, 0.15) is 31.5 Å². The first kappa shape index (κ1) is 39.3. The van der Waals surface area contributed by atoms with Crippen molar-refractivity contribution in [1.29, 1.82) is 0 Å². The van der Waals surface area contributed by atoms with Gasteiger partial charge in [0.1, 0.15) is 23.4 Å². The number of anilines is 4. The number of pyridine rings is 1. The highest BCUT2D eigenvalue weighted by Crippen LogP contribution is 2.34. The molecule has 2 aliphatic heterocycles. The van der Waals surface area contributed by atoms with Crippen molar-refractivity contribution in [1.82, 2.24) is 34.6 Å². The van der Waals surface area contributed by atoms with Crippen LogP contribution in [-0.2, 0) is 20.9 Å². The van der Waals surface area contributed by atoms with E-state index in [1.807, 2.05) is 19.9 Å². The number of ether oxygens (including phenoxy) is 1. The van der Waals surface area contributed by atoms with Gasteiger partial charge in [-0.1, -0.05) is 0 Å². The van der Waals surface area contributed by atoms with E-state index >= 15 is 0 Å². The van der Waals surface area contributed by atoms with Crippen LogP contribution < -0.4 is 20.4 Å². The zero-order chi connectivity index (χ0) is 41.1. The van der Waals surface area contributed by atoms with Crippen LogP contribution >= 0.6 is 0 Å². The molecule has 2 N–H and O–H groups in total. The van der Waals surface area contributed by atoms with Gasteiger partial charge >= 0.3 is 6.03 Å². The fraction of sp³-hybridized carbons (Fsp3) is 0.333. The summed E-state index contributed by atoms with van der Waals surface area (Å²) in [7, 11) is 0. The van der Waals surface area contributed by atoms with E-state index in [2.05, 4.69) is 25.7 Å². The highest BCUT2D eigenvalue weighted by atomic mass is 19.1. The number of nitro groups is 1. The molecule has 2 aromatic carbocycles. The quantitative estimate of drug-likeness (QED) is 0.0867. The Morgan fingerprint density at radius 2 is 1.83 bits per heavy atom. The number of hydrogen-bond donors (Lipinski definition) is 2. The molecule has 1 unspecified atom stereocenters. The maximum atomic E-state index is 13.8. The topological polar surface area (TPSA) is 207 Å². The third-order valence-electron chi connectivity index (χ3n) is 10.1. The van der Waals surface area contributed by atoms with Gasteiger partial charge in [0, 0.05) is 54.0 Å². The molecule has 0 radical (unpaired) electrons. The number of aryl methyl sites for hydroxylation is 2. The van der Waals surface area contributed by atoms with Crippen LogP contribution in [0.3, 0.4) is 0 Å². The van der Waals surface area contributed by atoms with Gasteiger partial charge in [-0.15, -0.1) is 5.10 Å². The number of nitro benzene ring substituents is 1. The van der Waals surface area contributed by atoms with Crippen LogP contribution in [0, 0.1) is 29.8 Å². The molecular formula is C39H41FN12O6. The Hall–Kier alpha value is -6.89. The summed E-state index contributed by atoms with van der Waals surface area (Å²) in [4.78, 5) is 73.6. The summed E-state index contributed by atoms with van der Waals surface area (Å²) in [6, 6.07) is 13.0. The Morgan fingerprint density at radius 3 is 2.55 bits per heavy atom. The number of halogens is 1. The molecular weight excluding hydrogens is 752 g/mol. The maximum Gasteiger partial charge on any atom is 0.325 e. The van der Waals surface area contributed by atoms with Gasteiger partial charge in [-0.2, -0.15) is 0 Å². The van der Waals surface area contributed by atoms with Gasteiger partial charge in [-0.25, -0.2) is 33.8 Å². The lowest BCUT2D eigenvalue weighted by atomic mass is 9.99. The van der Waals surface area contributed by atoms with E-state index in [-0.39, 0.29) is 37.8 Å². The molecule has 1 saturated heterocycles. The lowest BCUT2D eigenvalue weighted by Gasteiger charge is -2.32. The standard InChI is InChI=1S/C39H41FN12O6/c1-5-49-33(53)21-42-35-36(49)46-31(20-41-35)29-12-13-30(44-25(29)3)34-43-23-48(47-34)16-18-58-17-6-15-51-38(55)50(28-10-7-26(40)8-11-28)22-39(51,4)37(54)45-27-9-14-32(52(56)57)24(2)19-27/h7-14,19-20,23H,5-6,15-18,21-22H2,1-4H3,(H,41,42)(H,45,54). The van der Waals surface area contributed by atoms with Crippen LogP contribution in [0.4, 0.5) is 37.9 Å². The molecule has 18 nitrogen and oxygen atoms in total. The van der Waals surface area contributed by atoms with Crippen molar-refractivity contribution in [2.24, 2.45) is 0 Å². The predicted molar refractivity (Wildman–Crippen MR) is 212 cm³/mol. The van der Waals surface area contributed by atoms with Crippen molar-refractivity contribution in [3.8, 4) is 22.8 Å². The van der Waals surface area contributed by atoms with Gasteiger partial charge in [-0.3, -0.25) is 29.5 Å². The van der Waals surface area contributed by atoms with E-state index in [0.717, 1.165) is 5.56 Å². The molecule has 0 bridgehead atoms. The second-order valence-corrected chi connectivity index (χ2v) is 14.0. The summed E-state index contributed by atoms with van der Waals surface area (Å²) in [5.74, 6) is 0.462. The molecule has 300 valence electrons. The first-order chi connectivity index (χ1) is 27.9. The number of aromatic nitrogens is 6. The molecule has 4 amide bonds. The van der Waals surface area contributed by atoms with Crippen molar-refractivity contribution in [3.05, 3.63) is 94.3 Å². The molecule has 1 fully saturated rings. The molecule has 5 aromatic rings. The Labute approximate surface area is 332 Å². The molecule has 0 saturated carbocycles. The van der Waals surface area contributed by atoms with E-state index in [9.17, 15) is 28.9 Å². The Kier molecular flexibility index (Phi) is 11.1. The smallest absolute Gasteiger partial charge is 0.325 e. The third kappa shape index (κ3) is 7.88. The number of fused-ring (bicyclic) bond motifs is 1. The average Bonchev–Trinajstić information content (AvgIpc) is 3.78. The number of amides is 4. The van der Waals surface area contributed by atoms with Gasteiger partial charge in [0.2, 0.25) is 5.91 Å². The van der Waals surface area contributed by atoms with Crippen LogP contribution in [0.25, 0.3) is 22.8 Å². The summed E-state index contributed by atoms with van der Waals surface area (Å²) >= 11 is 0. The predicted octanol–water partition coefficient (Wildman–Crippen LogP) is 4.99. The van der Waals surface area contributed by atoms with E-state index in [0.29, 0.717) is 77.6 Å². The number of carbonyl (C=O) groups is 3. The number of benzene rings is 2. The lowest BCUT2D eigenvalue weighted by Crippen LogP contribution is -2.54. The second-order valence-electron chi connectivity index (χ2n) is 14.0. The summed E-state index contributed by atoms with van der Waals surface area (Å²) in [5.41, 5.74) is 2.36. The first-order valence-corrected chi connectivity index (χ1v) is 18.6. The first-order valence-electron chi connectivity index (χ1n) is 18.6. The van der Waals surface area contributed by atoms with Gasteiger partial charge in [0.25, 0.3) is 11.6 Å². The Morgan fingerprint density at radius 1 is 1.03 bits per heavy atom. The van der Waals surface area contributed by atoms with Gasteiger partial charge in [0.15, 0.2) is 17.5 Å². The molecule has 5 heterocycles. The van der Waals surface area contributed by atoms with Crippen molar-refractivity contribution in [2.45, 2.75) is 46.2 Å². The molecule has 19 heteroatoms. The summed E-state index contributed by atoms with van der Waals surface area (Å²) < 4.78 is 21.3. The number of urea groups is 1. The van der Waals surface area contributed by atoms with Crippen LogP contribution in [0.15, 0.2) is 67.1 Å². The van der Waals surface area contributed by atoms with Crippen LogP contribution in [-0.4, -0.2) is 102 Å². The number of nitrogens with one attached hydrogen (secondary N) is 2. The number of carbonyl (C=O) groups excluding carboxylic acids is 3. The molecule has 0 aliphatic carbocycles. The van der Waals surface area contributed by atoms with Crippen LogP contribution in [0.2, 0.25) is 0 Å². The van der Waals surface area contributed by atoms with Crippen molar-refractivity contribution < 1.29 is 28.4 Å². The Bertz CT molecular complexity index is 2390. The summed E-state index contributed by atoms with van der Waals surface area (Å²) in [6.07, 6.45) is 3.64. The minimum absolute atomic E-state index is 0.0123. The number of rotatable bonds is 14. The molecule has 58 heavy (non-hydrogen) atoms. The highest BCUT2D eigenvalue weighted by Gasteiger charge is 2.51. The van der Waals surface area contributed by atoms with Crippen molar-refractivity contribution >= 4 is 46.5 Å². The zero-order valence-electron chi connectivity index (χ0n) is 32.3. The van der Waals surface area contributed by atoms with E-state index in [1.54, 1.807) is 42.0 Å². The highest BCUT2D eigenvalue weighted by molar-refractivity contribution is 6.07. The van der Waals surface area contributed by atoms with Crippen molar-refractivity contribution in [3.63, 3.8) is 0 Å². The summed E-state index contributed by atoms with van der Waals surface area (Å²) in [6.45, 7) is 8.76.